The Morgan fingerprint density at radius 2 is 2.35 bits per heavy atom. The average Bonchev–Trinajstić information content (AvgIpc) is 2.76. The Balaban J connectivity index is 2.30. The van der Waals surface area contributed by atoms with E-state index in [0.29, 0.717) is 11.3 Å². The molecule has 17 heavy (non-hydrogen) atoms. The van der Waals surface area contributed by atoms with Crippen LogP contribution in [0, 0.1) is 5.82 Å². The molecule has 1 aromatic rings. The average molecular weight is 254 g/mol. The number of halogens is 1. The molecule has 5 heteroatoms. The summed E-state index contributed by atoms with van der Waals surface area (Å²) in [7, 11) is 0. The van der Waals surface area contributed by atoms with E-state index in [-0.39, 0.29) is 23.5 Å². The number of nitrogens with two attached hydrogens (primary N) is 1. The smallest absolute Gasteiger partial charge is 0.147 e. The van der Waals surface area contributed by atoms with E-state index in [1.54, 1.807) is 12.1 Å². The minimum Gasteiger partial charge on any atom is -0.394 e. The van der Waals surface area contributed by atoms with Gasteiger partial charge in [-0.2, -0.15) is 0 Å². The molecule has 1 unspecified atom stereocenters. The van der Waals surface area contributed by atoms with Crippen LogP contribution in [0.4, 0.5) is 10.1 Å². The number of aliphatic hydroxyl groups is 1. The summed E-state index contributed by atoms with van der Waals surface area (Å²) in [5.41, 5.74) is 6.49. The summed E-state index contributed by atoms with van der Waals surface area (Å²) in [5.74, 6) is -0.337. The van der Waals surface area contributed by atoms with Crippen LogP contribution in [-0.2, 0) is 0 Å². The number of thiocarbonyl (C=S) groups is 1. The van der Waals surface area contributed by atoms with Crippen LogP contribution in [-0.4, -0.2) is 29.3 Å². The number of hydrogen-bond acceptors (Lipinski definition) is 3. The van der Waals surface area contributed by atoms with E-state index in [9.17, 15) is 9.50 Å². The van der Waals surface area contributed by atoms with E-state index in [0.717, 1.165) is 19.4 Å². The van der Waals surface area contributed by atoms with Crippen LogP contribution >= 0.6 is 12.2 Å². The Morgan fingerprint density at radius 3 is 2.94 bits per heavy atom. The molecule has 0 aliphatic carbocycles. The van der Waals surface area contributed by atoms with E-state index >= 15 is 0 Å². The Bertz CT molecular complexity index is 439. The first-order valence-corrected chi connectivity index (χ1v) is 6.01. The van der Waals surface area contributed by atoms with Crippen LogP contribution < -0.4 is 10.6 Å². The summed E-state index contributed by atoms with van der Waals surface area (Å²) < 4.78 is 13.9. The third-order valence-corrected chi connectivity index (χ3v) is 3.37. The normalized spacial score (nSPS) is 19.6. The lowest BCUT2D eigenvalue weighted by molar-refractivity contribution is 0.266. The first-order chi connectivity index (χ1) is 8.13. The van der Waals surface area contributed by atoms with E-state index in [2.05, 4.69) is 0 Å². The van der Waals surface area contributed by atoms with Crippen LogP contribution in [0.25, 0.3) is 0 Å². The summed E-state index contributed by atoms with van der Waals surface area (Å²) in [6, 6.07) is 4.76. The van der Waals surface area contributed by atoms with Gasteiger partial charge in [0.25, 0.3) is 0 Å². The predicted octanol–water partition coefficient (Wildman–Crippen LogP) is 1.42. The highest BCUT2D eigenvalue weighted by atomic mass is 32.1. The van der Waals surface area contributed by atoms with Gasteiger partial charge < -0.3 is 15.7 Å². The van der Waals surface area contributed by atoms with Gasteiger partial charge in [-0.1, -0.05) is 12.2 Å². The molecule has 0 spiro atoms. The highest BCUT2D eigenvalue weighted by Gasteiger charge is 2.26. The monoisotopic (exact) mass is 254 g/mol. The van der Waals surface area contributed by atoms with Gasteiger partial charge in [-0.05, 0) is 31.0 Å². The van der Waals surface area contributed by atoms with Crippen molar-refractivity contribution in [3.63, 3.8) is 0 Å². The second-order valence-corrected chi connectivity index (χ2v) is 4.64. The number of rotatable bonds is 3. The molecular formula is C12H15FN2OS. The molecule has 1 aliphatic heterocycles. The molecule has 1 aliphatic rings. The number of aliphatic hydroxyl groups excluding tert-OH is 1. The second kappa shape index (κ2) is 4.98. The molecule has 0 amide bonds. The topological polar surface area (TPSA) is 49.5 Å². The van der Waals surface area contributed by atoms with Gasteiger partial charge in [0, 0.05) is 12.1 Å². The number of benzene rings is 1. The van der Waals surface area contributed by atoms with E-state index < -0.39 is 0 Å². The molecule has 92 valence electrons. The van der Waals surface area contributed by atoms with Crippen LogP contribution in [0.1, 0.15) is 18.4 Å². The number of hydrogen-bond donors (Lipinski definition) is 2. The fourth-order valence-electron chi connectivity index (χ4n) is 2.24. The van der Waals surface area contributed by atoms with Gasteiger partial charge in [-0.3, -0.25) is 0 Å². The van der Waals surface area contributed by atoms with E-state index in [1.807, 2.05) is 4.90 Å². The SMILES string of the molecule is NC(=S)c1ccc(N2CCCC2CO)c(F)c1. The maximum absolute atomic E-state index is 13.9. The van der Waals surface area contributed by atoms with Crippen molar-refractivity contribution in [2.24, 2.45) is 5.73 Å². The second-order valence-electron chi connectivity index (χ2n) is 4.20. The summed E-state index contributed by atoms with van der Waals surface area (Å²) in [6.07, 6.45) is 1.87. The minimum absolute atomic E-state index is 0.0141. The molecule has 1 aromatic carbocycles. The molecule has 1 saturated heterocycles. The van der Waals surface area contributed by atoms with E-state index in [1.165, 1.54) is 6.07 Å². The third-order valence-electron chi connectivity index (χ3n) is 3.13. The lowest BCUT2D eigenvalue weighted by Gasteiger charge is -2.25. The fourth-order valence-corrected chi connectivity index (χ4v) is 2.36. The molecule has 3 nitrogen and oxygen atoms in total. The van der Waals surface area contributed by atoms with E-state index in [4.69, 9.17) is 18.0 Å². The Kier molecular flexibility index (Phi) is 3.59. The Morgan fingerprint density at radius 1 is 1.59 bits per heavy atom. The highest BCUT2D eigenvalue weighted by molar-refractivity contribution is 7.80. The van der Waals surface area contributed by atoms with Gasteiger partial charge in [0.15, 0.2) is 0 Å². The van der Waals surface area contributed by atoms with Crippen LogP contribution in [0.2, 0.25) is 0 Å². The fraction of sp³-hybridized carbons (Fsp3) is 0.417. The van der Waals surface area contributed by atoms with Crippen molar-refractivity contribution in [3.05, 3.63) is 29.6 Å². The van der Waals surface area contributed by atoms with Crippen molar-refractivity contribution in [3.8, 4) is 0 Å². The van der Waals surface area contributed by atoms with Crippen molar-refractivity contribution in [1.82, 2.24) is 0 Å². The van der Waals surface area contributed by atoms with Crippen LogP contribution in [0.3, 0.4) is 0 Å². The molecule has 0 saturated carbocycles. The van der Waals surface area contributed by atoms with Crippen LogP contribution in [0.15, 0.2) is 18.2 Å². The van der Waals surface area contributed by atoms with Crippen molar-refractivity contribution < 1.29 is 9.50 Å². The Hall–Kier alpha value is -1.20. The molecule has 0 radical (unpaired) electrons. The van der Waals surface area contributed by atoms with Gasteiger partial charge in [0.1, 0.15) is 10.8 Å². The predicted molar refractivity (Wildman–Crippen MR) is 69.7 cm³/mol. The molecule has 3 N–H and O–H groups in total. The van der Waals surface area contributed by atoms with Gasteiger partial charge in [-0.15, -0.1) is 0 Å². The number of anilines is 1. The van der Waals surface area contributed by atoms with Crippen molar-refractivity contribution >= 4 is 22.9 Å². The molecular weight excluding hydrogens is 239 g/mol. The zero-order valence-electron chi connectivity index (χ0n) is 9.40. The van der Waals surface area contributed by atoms with Gasteiger partial charge >= 0.3 is 0 Å². The maximum atomic E-state index is 13.9. The minimum atomic E-state index is -0.337. The third kappa shape index (κ3) is 2.40. The number of nitrogens with zero attached hydrogens (tertiary/aromatic N) is 1. The first-order valence-electron chi connectivity index (χ1n) is 5.60. The Labute approximate surface area is 105 Å². The largest absolute Gasteiger partial charge is 0.394 e. The standard InChI is InChI=1S/C12H15FN2OS/c13-10-6-8(12(14)17)3-4-11(10)15-5-1-2-9(15)7-16/h3-4,6,9,16H,1-2,5,7H2,(H2,14,17). The zero-order chi connectivity index (χ0) is 12.4. The lowest BCUT2D eigenvalue weighted by Crippen LogP contribution is -2.32. The quantitative estimate of drug-likeness (QED) is 0.801. The molecule has 2 rings (SSSR count). The first kappa shape index (κ1) is 12.3. The van der Waals surface area contributed by atoms with Crippen molar-refractivity contribution in [1.29, 1.82) is 0 Å². The summed E-state index contributed by atoms with van der Waals surface area (Å²) in [6.45, 7) is 0.824. The van der Waals surface area contributed by atoms with Crippen molar-refractivity contribution in [2.45, 2.75) is 18.9 Å². The lowest BCUT2D eigenvalue weighted by atomic mass is 10.1. The van der Waals surface area contributed by atoms with Gasteiger partial charge in [0.2, 0.25) is 0 Å². The molecule has 1 atom stereocenters. The summed E-state index contributed by atoms with van der Waals surface area (Å²) in [5, 5.41) is 9.23. The molecule has 1 fully saturated rings. The molecule has 0 aromatic heterocycles. The van der Waals surface area contributed by atoms with Gasteiger partial charge in [0.05, 0.1) is 18.3 Å². The summed E-state index contributed by atoms with van der Waals surface area (Å²) >= 11 is 4.80. The molecule has 1 heterocycles. The summed E-state index contributed by atoms with van der Waals surface area (Å²) in [4.78, 5) is 2.09. The zero-order valence-corrected chi connectivity index (χ0v) is 10.2. The van der Waals surface area contributed by atoms with Crippen LogP contribution in [0.5, 0.6) is 0 Å². The maximum Gasteiger partial charge on any atom is 0.147 e. The highest BCUT2D eigenvalue weighted by Crippen LogP contribution is 2.28. The van der Waals surface area contributed by atoms with Crippen molar-refractivity contribution in [2.75, 3.05) is 18.1 Å². The van der Waals surface area contributed by atoms with Gasteiger partial charge in [-0.25, -0.2) is 4.39 Å². The molecule has 0 bridgehead atoms.